The summed E-state index contributed by atoms with van der Waals surface area (Å²) in [6.07, 6.45) is 0. The molecular weight excluding hydrogens is 276 g/mol. The van der Waals surface area contributed by atoms with E-state index in [1.807, 2.05) is 13.0 Å². The Balaban J connectivity index is 2.15. The van der Waals surface area contributed by atoms with Crippen LogP contribution in [-0.4, -0.2) is 18.4 Å². The first-order chi connectivity index (χ1) is 10.6. The Kier molecular flexibility index (Phi) is 3.50. The van der Waals surface area contributed by atoms with Crippen LogP contribution >= 0.6 is 0 Å². The fourth-order valence-electron chi connectivity index (χ4n) is 2.49. The smallest absolute Gasteiger partial charge is 0.266 e. The zero-order valence-electron chi connectivity index (χ0n) is 12.1. The molecule has 3 rings (SSSR count). The van der Waals surface area contributed by atoms with Crippen molar-refractivity contribution in [2.45, 2.75) is 6.92 Å². The van der Waals surface area contributed by atoms with Gasteiger partial charge in [0.2, 0.25) is 0 Å². The highest BCUT2D eigenvalue weighted by Crippen LogP contribution is 2.31. The SMILES string of the molecule is Cc1ccc(C#CCN)c(N2C(=O)c3ccccc3C2=O)c1. The summed E-state index contributed by atoms with van der Waals surface area (Å²) in [5.74, 6) is 5.06. The Morgan fingerprint density at radius 1 is 1.05 bits per heavy atom. The van der Waals surface area contributed by atoms with E-state index in [2.05, 4.69) is 11.8 Å². The molecule has 0 atom stereocenters. The van der Waals surface area contributed by atoms with Gasteiger partial charge in [-0.15, -0.1) is 0 Å². The number of hydrogen-bond acceptors (Lipinski definition) is 3. The Morgan fingerprint density at radius 3 is 2.27 bits per heavy atom. The molecular formula is C18H14N2O2. The zero-order chi connectivity index (χ0) is 15.7. The average Bonchev–Trinajstić information content (AvgIpc) is 2.78. The molecule has 0 aromatic heterocycles. The van der Waals surface area contributed by atoms with Crippen molar-refractivity contribution in [1.82, 2.24) is 0 Å². The van der Waals surface area contributed by atoms with Crippen LogP contribution in [0, 0.1) is 18.8 Å². The van der Waals surface area contributed by atoms with Gasteiger partial charge in [-0.05, 0) is 36.8 Å². The molecule has 0 saturated heterocycles. The highest BCUT2D eigenvalue weighted by molar-refractivity contribution is 6.34. The fourth-order valence-corrected chi connectivity index (χ4v) is 2.49. The van der Waals surface area contributed by atoms with E-state index in [4.69, 9.17) is 5.73 Å². The summed E-state index contributed by atoms with van der Waals surface area (Å²) in [7, 11) is 0. The molecule has 2 N–H and O–H groups in total. The summed E-state index contributed by atoms with van der Waals surface area (Å²) in [6, 6.07) is 12.3. The maximum atomic E-state index is 12.6. The molecule has 2 aromatic carbocycles. The number of aryl methyl sites for hydroxylation is 1. The van der Waals surface area contributed by atoms with Crippen LogP contribution in [0.2, 0.25) is 0 Å². The van der Waals surface area contributed by atoms with Gasteiger partial charge in [0.15, 0.2) is 0 Å². The normalized spacial score (nSPS) is 12.9. The molecule has 0 unspecified atom stereocenters. The monoisotopic (exact) mass is 290 g/mol. The standard InChI is InChI=1S/C18H14N2O2/c1-12-8-9-13(5-4-10-19)16(11-12)20-17(21)14-6-2-3-7-15(14)18(20)22/h2-3,6-9,11H,10,19H2,1H3. The summed E-state index contributed by atoms with van der Waals surface area (Å²) in [6.45, 7) is 2.12. The van der Waals surface area contributed by atoms with Crippen LogP contribution in [0.15, 0.2) is 42.5 Å². The first-order valence-electron chi connectivity index (χ1n) is 6.91. The van der Waals surface area contributed by atoms with Gasteiger partial charge >= 0.3 is 0 Å². The van der Waals surface area contributed by atoms with Crippen LogP contribution in [-0.2, 0) is 0 Å². The molecule has 0 saturated carbocycles. The van der Waals surface area contributed by atoms with E-state index in [1.54, 1.807) is 36.4 Å². The molecule has 0 spiro atoms. The first-order valence-corrected chi connectivity index (χ1v) is 6.91. The number of fused-ring (bicyclic) bond motifs is 1. The summed E-state index contributed by atoms with van der Waals surface area (Å²) < 4.78 is 0. The van der Waals surface area contributed by atoms with Gasteiger partial charge in [0, 0.05) is 5.56 Å². The minimum absolute atomic E-state index is 0.218. The van der Waals surface area contributed by atoms with E-state index in [-0.39, 0.29) is 18.4 Å². The number of anilines is 1. The molecule has 1 aliphatic rings. The van der Waals surface area contributed by atoms with E-state index in [0.29, 0.717) is 22.4 Å². The van der Waals surface area contributed by atoms with Crippen molar-refractivity contribution in [1.29, 1.82) is 0 Å². The number of nitrogens with two attached hydrogens (primary N) is 1. The van der Waals surface area contributed by atoms with Crippen molar-refractivity contribution in [2.75, 3.05) is 11.4 Å². The predicted molar refractivity (Wildman–Crippen MR) is 84.7 cm³/mol. The van der Waals surface area contributed by atoms with Crippen LogP contribution in [0.4, 0.5) is 5.69 Å². The molecule has 0 fully saturated rings. The zero-order valence-corrected chi connectivity index (χ0v) is 12.1. The van der Waals surface area contributed by atoms with Gasteiger partial charge in [0.1, 0.15) is 0 Å². The molecule has 4 heteroatoms. The Hall–Kier alpha value is -2.90. The lowest BCUT2D eigenvalue weighted by Gasteiger charge is -2.16. The van der Waals surface area contributed by atoms with E-state index in [9.17, 15) is 9.59 Å². The van der Waals surface area contributed by atoms with E-state index in [0.717, 1.165) is 5.56 Å². The van der Waals surface area contributed by atoms with Gasteiger partial charge < -0.3 is 5.73 Å². The minimum Gasteiger partial charge on any atom is -0.320 e. The second-order valence-corrected chi connectivity index (χ2v) is 5.02. The van der Waals surface area contributed by atoms with Gasteiger partial charge in [-0.1, -0.05) is 30.0 Å². The number of carbonyl (C=O) groups excluding carboxylic acids is 2. The number of amides is 2. The van der Waals surface area contributed by atoms with E-state index in [1.165, 1.54) is 4.90 Å². The second-order valence-electron chi connectivity index (χ2n) is 5.02. The summed E-state index contributed by atoms with van der Waals surface area (Å²) in [5, 5.41) is 0. The Bertz CT molecular complexity index is 809. The molecule has 4 nitrogen and oxygen atoms in total. The molecule has 22 heavy (non-hydrogen) atoms. The topological polar surface area (TPSA) is 63.4 Å². The molecule has 1 aliphatic heterocycles. The lowest BCUT2D eigenvalue weighted by Crippen LogP contribution is -2.30. The highest BCUT2D eigenvalue weighted by atomic mass is 16.2. The van der Waals surface area contributed by atoms with Gasteiger partial charge in [-0.3, -0.25) is 9.59 Å². The average molecular weight is 290 g/mol. The van der Waals surface area contributed by atoms with Crippen molar-refractivity contribution in [2.24, 2.45) is 5.73 Å². The molecule has 0 bridgehead atoms. The van der Waals surface area contributed by atoms with E-state index < -0.39 is 0 Å². The molecule has 108 valence electrons. The third kappa shape index (κ3) is 2.18. The van der Waals surface area contributed by atoms with Crippen LogP contribution in [0.1, 0.15) is 31.8 Å². The number of rotatable bonds is 1. The van der Waals surface area contributed by atoms with Crippen molar-refractivity contribution in [3.8, 4) is 11.8 Å². The highest BCUT2D eigenvalue weighted by Gasteiger charge is 2.37. The van der Waals surface area contributed by atoms with Crippen molar-refractivity contribution in [3.63, 3.8) is 0 Å². The number of benzene rings is 2. The van der Waals surface area contributed by atoms with Crippen molar-refractivity contribution >= 4 is 17.5 Å². The Morgan fingerprint density at radius 2 is 1.68 bits per heavy atom. The third-order valence-electron chi connectivity index (χ3n) is 3.51. The summed E-state index contributed by atoms with van der Waals surface area (Å²) in [5.41, 5.74) is 8.33. The van der Waals surface area contributed by atoms with Crippen LogP contribution in [0.3, 0.4) is 0 Å². The lowest BCUT2D eigenvalue weighted by molar-refractivity contribution is 0.0926. The first kappa shape index (κ1) is 14.1. The maximum Gasteiger partial charge on any atom is 0.266 e. The molecule has 1 heterocycles. The van der Waals surface area contributed by atoms with Gasteiger partial charge in [-0.2, -0.15) is 0 Å². The quantitative estimate of drug-likeness (QED) is 0.646. The molecule has 2 amide bonds. The fraction of sp³-hybridized carbons (Fsp3) is 0.111. The van der Waals surface area contributed by atoms with Gasteiger partial charge in [0.05, 0.1) is 23.4 Å². The van der Waals surface area contributed by atoms with Crippen LogP contribution in [0.5, 0.6) is 0 Å². The number of hydrogen-bond donors (Lipinski definition) is 1. The number of nitrogens with zero attached hydrogens (tertiary/aromatic N) is 1. The van der Waals surface area contributed by atoms with Crippen LogP contribution < -0.4 is 10.6 Å². The molecule has 2 aromatic rings. The predicted octanol–water partition coefficient (Wildman–Crippen LogP) is 2.11. The maximum absolute atomic E-state index is 12.6. The third-order valence-corrected chi connectivity index (χ3v) is 3.51. The number of carbonyl (C=O) groups is 2. The van der Waals surface area contributed by atoms with Gasteiger partial charge in [0.25, 0.3) is 11.8 Å². The van der Waals surface area contributed by atoms with Crippen molar-refractivity contribution < 1.29 is 9.59 Å². The van der Waals surface area contributed by atoms with Gasteiger partial charge in [-0.25, -0.2) is 4.90 Å². The second kappa shape index (κ2) is 5.47. The van der Waals surface area contributed by atoms with E-state index >= 15 is 0 Å². The minimum atomic E-state index is -0.318. The van der Waals surface area contributed by atoms with Crippen LogP contribution in [0.25, 0.3) is 0 Å². The molecule has 0 aliphatic carbocycles. The summed E-state index contributed by atoms with van der Waals surface area (Å²) in [4.78, 5) is 26.3. The summed E-state index contributed by atoms with van der Waals surface area (Å²) >= 11 is 0. The number of imide groups is 1. The van der Waals surface area contributed by atoms with Crippen molar-refractivity contribution in [3.05, 3.63) is 64.7 Å². The largest absolute Gasteiger partial charge is 0.320 e. The lowest BCUT2D eigenvalue weighted by atomic mass is 10.1. The molecule has 0 radical (unpaired) electrons. The Labute approximate surface area is 128 Å².